The van der Waals surface area contributed by atoms with Crippen molar-refractivity contribution in [2.24, 2.45) is 0 Å². The van der Waals surface area contributed by atoms with Crippen molar-refractivity contribution in [3.8, 4) is 0 Å². The summed E-state index contributed by atoms with van der Waals surface area (Å²) in [6, 6.07) is 22.6. The monoisotopic (exact) mass is 371 g/mol. The largest absolute Gasteiger partial charge is 0.365 e. The molecule has 0 N–H and O–H groups in total. The van der Waals surface area contributed by atoms with Crippen molar-refractivity contribution >= 4 is 16.5 Å². The van der Waals surface area contributed by atoms with Crippen molar-refractivity contribution in [3.63, 3.8) is 0 Å². The van der Waals surface area contributed by atoms with E-state index in [9.17, 15) is 0 Å². The van der Waals surface area contributed by atoms with Gasteiger partial charge in [-0.15, -0.1) is 0 Å². The maximum absolute atomic E-state index is 2.71. The van der Waals surface area contributed by atoms with Crippen molar-refractivity contribution in [1.29, 1.82) is 0 Å². The van der Waals surface area contributed by atoms with E-state index in [2.05, 4.69) is 100 Å². The first-order valence-electron chi connectivity index (χ1n) is 10.8. The van der Waals surface area contributed by atoms with Gasteiger partial charge in [0.1, 0.15) is 0 Å². The van der Waals surface area contributed by atoms with Gasteiger partial charge in [-0.25, -0.2) is 0 Å². The summed E-state index contributed by atoms with van der Waals surface area (Å²) in [6.07, 6.45) is 3.34. The fraction of sp³-hybridized carbons (Fsp3) is 0.407. The van der Waals surface area contributed by atoms with Crippen LogP contribution in [0.15, 0.2) is 60.7 Å². The Balaban J connectivity index is 1.79. The summed E-state index contributed by atoms with van der Waals surface area (Å²) >= 11 is 0. The molecule has 146 valence electrons. The molecule has 1 heteroatoms. The van der Waals surface area contributed by atoms with Gasteiger partial charge in [0.05, 0.1) is 0 Å². The molecule has 28 heavy (non-hydrogen) atoms. The number of aryl methyl sites for hydroxylation is 2. The van der Waals surface area contributed by atoms with E-state index in [1.165, 1.54) is 39.6 Å². The standard InChI is InChI=1S/C27H33N/c1-6-20-13-10-14-21(7-2)25(20)28-19-27(5,18-26(28,3)4)24-16-15-22-11-8-9-12-23(22)17-24/h8-17H,6-7,18-19H2,1-5H3/t27-/m1/s1. The zero-order valence-corrected chi connectivity index (χ0v) is 18.0. The average Bonchev–Trinajstić information content (AvgIpc) is 2.96. The minimum absolute atomic E-state index is 0.135. The normalized spacial score (nSPS) is 21.4. The molecule has 0 radical (unpaired) electrons. The predicted molar refractivity (Wildman–Crippen MR) is 123 cm³/mol. The molecule has 1 aliphatic heterocycles. The topological polar surface area (TPSA) is 3.24 Å². The summed E-state index contributed by atoms with van der Waals surface area (Å²) < 4.78 is 0. The average molecular weight is 372 g/mol. The summed E-state index contributed by atoms with van der Waals surface area (Å²) in [5.74, 6) is 0. The molecule has 1 atom stereocenters. The van der Waals surface area contributed by atoms with Crippen molar-refractivity contribution in [3.05, 3.63) is 77.4 Å². The number of hydrogen-bond donors (Lipinski definition) is 0. The Morgan fingerprint density at radius 2 is 1.43 bits per heavy atom. The zero-order valence-electron chi connectivity index (χ0n) is 18.0. The molecule has 1 heterocycles. The van der Waals surface area contributed by atoms with Gasteiger partial charge >= 0.3 is 0 Å². The highest BCUT2D eigenvalue weighted by atomic mass is 15.2. The van der Waals surface area contributed by atoms with Crippen LogP contribution in [-0.2, 0) is 18.3 Å². The van der Waals surface area contributed by atoms with Crippen LogP contribution in [0.4, 0.5) is 5.69 Å². The van der Waals surface area contributed by atoms with Crippen LogP contribution in [0.1, 0.15) is 57.7 Å². The summed E-state index contributed by atoms with van der Waals surface area (Å²) in [4.78, 5) is 2.71. The van der Waals surface area contributed by atoms with E-state index in [4.69, 9.17) is 0 Å². The molecule has 1 nitrogen and oxygen atoms in total. The van der Waals surface area contributed by atoms with Gasteiger partial charge in [0.25, 0.3) is 0 Å². The Morgan fingerprint density at radius 3 is 2.07 bits per heavy atom. The lowest BCUT2D eigenvalue weighted by Gasteiger charge is -2.36. The first-order chi connectivity index (χ1) is 13.4. The molecular weight excluding hydrogens is 338 g/mol. The quantitative estimate of drug-likeness (QED) is 0.481. The molecule has 1 saturated heterocycles. The minimum atomic E-state index is 0.135. The van der Waals surface area contributed by atoms with Gasteiger partial charge in [0, 0.05) is 23.2 Å². The highest BCUT2D eigenvalue weighted by Gasteiger charge is 2.47. The maximum atomic E-state index is 2.71. The second kappa shape index (κ2) is 6.95. The number of fused-ring (bicyclic) bond motifs is 1. The molecule has 0 saturated carbocycles. The van der Waals surface area contributed by atoms with Crippen LogP contribution in [0.5, 0.6) is 0 Å². The van der Waals surface area contributed by atoms with Crippen molar-refractivity contribution in [2.45, 2.75) is 64.8 Å². The number of para-hydroxylation sites is 1. The lowest BCUT2D eigenvalue weighted by molar-refractivity contribution is 0.445. The molecular formula is C27H33N. The van der Waals surface area contributed by atoms with E-state index in [-0.39, 0.29) is 11.0 Å². The molecule has 0 bridgehead atoms. The molecule has 3 aromatic carbocycles. The van der Waals surface area contributed by atoms with Gasteiger partial charge in [-0.1, -0.05) is 81.4 Å². The summed E-state index contributed by atoms with van der Waals surface area (Å²) in [5.41, 5.74) is 6.20. The number of nitrogens with zero attached hydrogens (tertiary/aromatic N) is 1. The Bertz CT molecular complexity index is 978. The van der Waals surface area contributed by atoms with Gasteiger partial charge in [-0.2, -0.15) is 0 Å². The summed E-state index contributed by atoms with van der Waals surface area (Å²) in [7, 11) is 0. The van der Waals surface area contributed by atoms with Crippen LogP contribution in [-0.4, -0.2) is 12.1 Å². The smallest absolute Gasteiger partial charge is 0.0435 e. The SMILES string of the molecule is CCc1cccc(CC)c1N1C[C@](C)(c2ccc3ccccc3c2)CC1(C)C. The van der Waals surface area contributed by atoms with Gasteiger partial charge in [0.2, 0.25) is 0 Å². The Morgan fingerprint density at radius 1 is 0.786 bits per heavy atom. The molecule has 4 rings (SSSR count). The number of benzene rings is 3. The highest BCUT2D eigenvalue weighted by molar-refractivity contribution is 5.83. The molecule has 1 fully saturated rings. The van der Waals surface area contributed by atoms with Crippen LogP contribution in [0.2, 0.25) is 0 Å². The summed E-state index contributed by atoms with van der Waals surface area (Å²) in [6.45, 7) is 12.9. The molecule has 0 amide bonds. The zero-order chi connectivity index (χ0) is 19.9. The molecule has 0 aromatic heterocycles. The fourth-order valence-electron chi connectivity index (χ4n) is 5.37. The Hall–Kier alpha value is -2.28. The third-order valence-electron chi connectivity index (χ3n) is 6.74. The minimum Gasteiger partial charge on any atom is -0.365 e. The first kappa shape index (κ1) is 19.1. The van der Waals surface area contributed by atoms with Crippen LogP contribution in [0.25, 0.3) is 10.8 Å². The summed E-state index contributed by atoms with van der Waals surface area (Å²) in [5, 5.41) is 2.68. The van der Waals surface area contributed by atoms with E-state index in [1.54, 1.807) is 0 Å². The predicted octanol–water partition coefficient (Wildman–Crippen LogP) is 6.91. The van der Waals surface area contributed by atoms with Gasteiger partial charge < -0.3 is 4.90 Å². The van der Waals surface area contributed by atoms with Crippen LogP contribution in [0.3, 0.4) is 0 Å². The van der Waals surface area contributed by atoms with Crippen LogP contribution < -0.4 is 4.90 Å². The number of hydrogen-bond acceptors (Lipinski definition) is 1. The van der Waals surface area contributed by atoms with Crippen molar-refractivity contribution < 1.29 is 0 Å². The number of anilines is 1. The van der Waals surface area contributed by atoms with Crippen molar-refractivity contribution in [1.82, 2.24) is 0 Å². The molecule has 0 spiro atoms. The van der Waals surface area contributed by atoms with Gasteiger partial charge in [-0.3, -0.25) is 0 Å². The van der Waals surface area contributed by atoms with E-state index in [0.29, 0.717) is 0 Å². The fourth-order valence-corrected chi connectivity index (χ4v) is 5.37. The van der Waals surface area contributed by atoms with E-state index in [1.807, 2.05) is 0 Å². The second-order valence-corrected chi connectivity index (χ2v) is 9.33. The molecule has 0 unspecified atom stereocenters. The Kier molecular flexibility index (Phi) is 4.73. The first-order valence-corrected chi connectivity index (χ1v) is 10.8. The Labute approximate surface area is 170 Å². The van der Waals surface area contributed by atoms with Crippen LogP contribution in [0, 0.1) is 0 Å². The van der Waals surface area contributed by atoms with E-state index >= 15 is 0 Å². The van der Waals surface area contributed by atoms with Gasteiger partial charge in [-0.05, 0) is 60.6 Å². The van der Waals surface area contributed by atoms with E-state index < -0.39 is 0 Å². The van der Waals surface area contributed by atoms with Crippen LogP contribution >= 0.6 is 0 Å². The molecule has 0 aliphatic carbocycles. The van der Waals surface area contributed by atoms with Crippen molar-refractivity contribution in [2.75, 3.05) is 11.4 Å². The molecule has 3 aromatic rings. The number of rotatable bonds is 4. The third kappa shape index (κ3) is 3.11. The lowest BCUT2D eigenvalue weighted by Crippen LogP contribution is -2.39. The molecule has 1 aliphatic rings. The third-order valence-corrected chi connectivity index (χ3v) is 6.74. The second-order valence-electron chi connectivity index (χ2n) is 9.33. The van der Waals surface area contributed by atoms with E-state index in [0.717, 1.165) is 19.4 Å². The maximum Gasteiger partial charge on any atom is 0.0435 e. The van der Waals surface area contributed by atoms with Gasteiger partial charge in [0.15, 0.2) is 0 Å². The highest BCUT2D eigenvalue weighted by Crippen LogP contribution is 2.47. The lowest BCUT2D eigenvalue weighted by atomic mass is 9.77.